The van der Waals surface area contributed by atoms with Crippen LogP contribution in [0.5, 0.6) is 0 Å². The van der Waals surface area contributed by atoms with Gasteiger partial charge < -0.3 is 22.6 Å². The number of hydrogen-bond acceptors (Lipinski definition) is 3. The average Bonchev–Trinajstić information content (AvgIpc) is 2.41. The van der Waals surface area contributed by atoms with Crippen LogP contribution in [0.1, 0.15) is 32.1 Å². The quantitative estimate of drug-likeness (QED) is 0.609. The molecule has 1 saturated carbocycles. The molecule has 1 aliphatic heterocycles. The van der Waals surface area contributed by atoms with Crippen molar-refractivity contribution in [3.63, 3.8) is 0 Å². The summed E-state index contributed by atoms with van der Waals surface area (Å²) in [5, 5.41) is 0. The standard InChI is InChI=1S/C14H27BF3N2O.K/c1-21-11-14-10-19(12-15(16,17)18)7-8-20(14)9-13-5-3-2-4-6-13;/h13-14H,2-12H2,1H3;/q-1;+1/t14-;/m1./s1. The first kappa shape index (κ1) is 21.4. The molecular weight excluding hydrogens is 319 g/mol. The molecule has 3 nitrogen and oxygen atoms in total. The zero-order chi connectivity index (χ0) is 15.3. The smallest absolute Gasteiger partial charge is 0.448 e. The Labute approximate surface area is 174 Å². The Kier molecular flexibility index (Phi) is 10.1. The van der Waals surface area contributed by atoms with Crippen LogP contribution in [-0.2, 0) is 4.74 Å². The summed E-state index contributed by atoms with van der Waals surface area (Å²) in [5.74, 6) is 0.719. The van der Waals surface area contributed by atoms with E-state index in [2.05, 4.69) is 4.90 Å². The van der Waals surface area contributed by atoms with Gasteiger partial charge in [0.05, 0.1) is 6.61 Å². The van der Waals surface area contributed by atoms with Gasteiger partial charge in [-0.25, -0.2) is 0 Å². The molecule has 8 heteroatoms. The molecule has 0 aromatic heterocycles. The summed E-state index contributed by atoms with van der Waals surface area (Å²) in [5.41, 5.74) is 0. The summed E-state index contributed by atoms with van der Waals surface area (Å²) in [7, 11) is 1.63. The molecular formula is C14H27BF3KN2O. The Morgan fingerprint density at radius 3 is 2.36 bits per heavy atom. The fraction of sp³-hybridized carbons (Fsp3) is 1.00. The van der Waals surface area contributed by atoms with Crippen LogP contribution in [0.3, 0.4) is 0 Å². The summed E-state index contributed by atoms with van der Waals surface area (Å²) in [4.78, 5) is 3.90. The number of hydrogen-bond donors (Lipinski definition) is 0. The number of piperazine rings is 1. The van der Waals surface area contributed by atoms with Gasteiger partial charge in [0.15, 0.2) is 0 Å². The summed E-state index contributed by atoms with van der Waals surface area (Å²) in [6, 6.07) is 0.101. The zero-order valence-electron chi connectivity index (χ0n) is 13.9. The third kappa shape index (κ3) is 7.51. The maximum absolute atomic E-state index is 12.6. The van der Waals surface area contributed by atoms with Crippen LogP contribution >= 0.6 is 0 Å². The minimum atomic E-state index is -4.73. The van der Waals surface area contributed by atoms with Gasteiger partial charge in [-0.05, 0) is 25.2 Å². The first-order valence-electron chi connectivity index (χ1n) is 8.14. The average molecular weight is 346 g/mol. The molecule has 0 N–H and O–H groups in total. The van der Waals surface area contributed by atoms with Gasteiger partial charge in [0.2, 0.25) is 0 Å². The van der Waals surface area contributed by atoms with Gasteiger partial charge in [0, 0.05) is 39.3 Å². The van der Waals surface area contributed by atoms with E-state index in [9.17, 15) is 12.9 Å². The van der Waals surface area contributed by atoms with E-state index in [4.69, 9.17) is 4.74 Å². The van der Waals surface area contributed by atoms with Crippen molar-refractivity contribution >= 4 is 6.98 Å². The van der Waals surface area contributed by atoms with E-state index in [-0.39, 0.29) is 57.4 Å². The molecule has 1 heterocycles. The van der Waals surface area contributed by atoms with Crippen LogP contribution in [0.2, 0.25) is 0 Å². The molecule has 1 saturated heterocycles. The Morgan fingerprint density at radius 2 is 1.77 bits per heavy atom. The molecule has 0 amide bonds. The van der Waals surface area contributed by atoms with Crippen molar-refractivity contribution in [1.29, 1.82) is 0 Å². The molecule has 124 valence electrons. The number of methoxy groups -OCH3 is 1. The summed E-state index contributed by atoms with van der Waals surface area (Å²) >= 11 is 0. The van der Waals surface area contributed by atoms with Gasteiger partial charge in [0.1, 0.15) is 0 Å². The summed E-state index contributed by atoms with van der Waals surface area (Å²) in [6.07, 6.45) is 5.74. The molecule has 0 aromatic rings. The van der Waals surface area contributed by atoms with Gasteiger partial charge in [-0.3, -0.25) is 4.90 Å². The van der Waals surface area contributed by atoms with Gasteiger partial charge >= 0.3 is 58.4 Å². The Morgan fingerprint density at radius 1 is 1.09 bits per heavy atom. The van der Waals surface area contributed by atoms with Crippen molar-refractivity contribution in [1.82, 2.24) is 9.80 Å². The largest absolute Gasteiger partial charge is 1.00 e. The molecule has 1 aliphatic carbocycles. The fourth-order valence-corrected chi connectivity index (χ4v) is 3.71. The first-order valence-corrected chi connectivity index (χ1v) is 8.14. The molecule has 0 bridgehead atoms. The van der Waals surface area contributed by atoms with E-state index >= 15 is 0 Å². The normalized spacial score (nSPS) is 25.9. The fourth-order valence-electron chi connectivity index (χ4n) is 3.71. The second-order valence-electron chi connectivity index (χ2n) is 6.58. The van der Waals surface area contributed by atoms with E-state index in [1.807, 2.05) is 0 Å². The second kappa shape index (κ2) is 10.4. The predicted molar refractivity (Wildman–Crippen MR) is 79.3 cm³/mol. The van der Waals surface area contributed by atoms with Gasteiger partial charge in [0.25, 0.3) is 0 Å². The van der Waals surface area contributed by atoms with Crippen molar-refractivity contribution < 1.29 is 69.1 Å². The predicted octanol–water partition coefficient (Wildman–Crippen LogP) is -0.410. The van der Waals surface area contributed by atoms with Crippen LogP contribution in [-0.4, -0.2) is 69.2 Å². The first-order chi connectivity index (χ1) is 9.98. The van der Waals surface area contributed by atoms with Crippen molar-refractivity contribution in [2.75, 3.05) is 46.3 Å². The van der Waals surface area contributed by atoms with Crippen molar-refractivity contribution in [2.24, 2.45) is 5.92 Å². The monoisotopic (exact) mass is 346 g/mol. The van der Waals surface area contributed by atoms with E-state index in [1.54, 1.807) is 12.0 Å². The summed E-state index contributed by atoms with van der Waals surface area (Å²) in [6.45, 7) is -1.45. The molecule has 22 heavy (non-hydrogen) atoms. The van der Waals surface area contributed by atoms with Crippen LogP contribution < -0.4 is 51.4 Å². The molecule has 2 rings (SSSR count). The minimum Gasteiger partial charge on any atom is -0.448 e. The molecule has 1 atom stereocenters. The second-order valence-corrected chi connectivity index (χ2v) is 6.58. The van der Waals surface area contributed by atoms with Crippen molar-refractivity contribution in [3.05, 3.63) is 0 Å². The van der Waals surface area contributed by atoms with Crippen molar-refractivity contribution in [3.8, 4) is 0 Å². The van der Waals surface area contributed by atoms with Gasteiger partial charge in [-0.2, -0.15) is 0 Å². The summed E-state index contributed by atoms with van der Waals surface area (Å²) < 4.78 is 43.0. The molecule has 0 aromatic carbocycles. The number of halogens is 3. The van der Waals surface area contributed by atoms with Crippen LogP contribution in [0.4, 0.5) is 12.9 Å². The van der Waals surface area contributed by atoms with Crippen LogP contribution in [0.25, 0.3) is 0 Å². The number of rotatable bonds is 6. The molecule has 0 spiro atoms. The number of ether oxygens (including phenoxy) is 1. The third-order valence-electron chi connectivity index (χ3n) is 4.73. The SMILES string of the molecule is COC[C@H]1CN(C[B-](F)(F)F)CCN1CC1CCCCC1.[K+]. The maximum atomic E-state index is 12.6. The molecule has 2 aliphatic rings. The van der Waals surface area contributed by atoms with Crippen LogP contribution in [0, 0.1) is 5.92 Å². The topological polar surface area (TPSA) is 15.7 Å². The maximum Gasteiger partial charge on any atom is 1.00 e. The van der Waals surface area contributed by atoms with Crippen LogP contribution in [0.15, 0.2) is 0 Å². The van der Waals surface area contributed by atoms with E-state index in [0.717, 1.165) is 19.0 Å². The third-order valence-corrected chi connectivity index (χ3v) is 4.73. The Bertz CT molecular complexity index is 317. The van der Waals surface area contributed by atoms with E-state index in [0.29, 0.717) is 19.7 Å². The Balaban J connectivity index is 0.00000242. The van der Waals surface area contributed by atoms with Gasteiger partial charge in [-0.15, -0.1) is 0 Å². The molecule has 0 unspecified atom stereocenters. The Hall–Kier alpha value is 1.37. The molecule has 2 fully saturated rings. The number of nitrogens with zero attached hydrogens (tertiary/aromatic N) is 2. The van der Waals surface area contributed by atoms with E-state index in [1.165, 1.54) is 32.1 Å². The van der Waals surface area contributed by atoms with E-state index < -0.39 is 13.4 Å². The minimum absolute atomic E-state index is 0. The zero-order valence-corrected chi connectivity index (χ0v) is 17.1. The van der Waals surface area contributed by atoms with Crippen molar-refractivity contribution in [2.45, 2.75) is 38.1 Å². The van der Waals surface area contributed by atoms with Gasteiger partial charge in [-0.1, -0.05) is 19.3 Å². The molecule has 0 radical (unpaired) electrons.